The van der Waals surface area contributed by atoms with E-state index < -0.39 is 0 Å². The third-order valence-electron chi connectivity index (χ3n) is 4.67. The lowest BCUT2D eigenvalue weighted by atomic mass is 9.89. The standard InChI is InChI=1S/C17H23ClN2O.ClH/c18-14-3-1-2-12(8-14)6-7-19-17(21)11-13-9-15-4-5-16(10-13)20-15;/h1-3,8,13,15-16,20H,4-7,9-11H2,(H,19,21);1H. The summed E-state index contributed by atoms with van der Waals surface area (Å²) in [4.78, 5) is 12.0. The van der Waals surface area contributed by atoms with Crippen molar-refractivity contribution in [3.8, 4) is 0 Å². The van der Waals surface area contributed by atoms with Gasteiger partial charge in [0.05, 0.1) is 0 Å². The van der Waals surface area contributed by atoms with Crippen LogP contribution in [0.4, 0.5) is 0 Å². The van der Waals surface area contributed by atoms with E-state index in [1.54, 1.807) is 0 Å². The van der Waals surface area contributed by atoms with Gasteiger partial charge in [-0.2, -0.15) is 0 Å². The highest BCUT2D eigenvalue weighted by Gasteiger charge is 2.33. The summed E-state index contributed by atoms with van der Waals surface area (Å²) in [6.07, 6.45) is 6.43. The maximum Gasteiger partial charge on any atom is 0.220 e. The molecule has 3 rings (SSSR count). The zero-order valence-electron chi connectivity index (χ0n) is 12.7. The molecule has 0 saturated carbocycles. The molecule has 0 aliphatic carbocycles. The molecule has 3 nitrogen and oxygen atoms in total. The molecule has 2 heterocycles. The predicted molar refractivity (Wildman–Crippen MR) is 92.7 cm³/mol. The fraction of sp³-hybridized carbons (Fsp3) is 0.588. The Bertz CT molecular complexity index is 497. The van der Waals surface area contributed by atoms with Gasteiger partial charge in [0.2, 0.25) is 5.91 Å². The van der Waals surface area contributed by atoms with Crippen molar-refractivity contribution in [1.82, 2.24) is 10.6 Å². The van der Waals surface area contributed by atoms with Gasteiger partial charge in [-0.15, -0.1) is 12.4 Å². The molecule has 2 N–H and O–H groups in total. The molecular weight excluding hydrogens is 319 g/mol. The summed E-state index contributed by atoms with van der Waals surface area (Å²) < 4.78 is 0. The van der Waals surface area contributed by atoms with E-state index in [1.165, 1.54) is 18.4 Å². The van der Waals surface area contributed by atoms with E-state index in [1.807, 2.05) is 24.3 Å². The van der Waals surface area contributed by atoms with Gasteiger partial charge < -0.3 is 10.6 Å². The molecule has 1 aromatic carbocycles. The number of rotatable bonds is 5. The van der Waals surface area contributed by atoms with Crippen LogP contribution in [-0.2, 0) is 11.2 Å². The number of amides is 1. The normalized spacial score (nSPS) is 26.3. The molecule has 2 saturated heterocycles. The van der Waals surface area contributed by atoms with Gasteiger partial charge in [0.15, 0.2) is 0 Å². The van der Waals surface area contributed by atoms with Crippen molar-refractivity contribution in [2.24, 2.45) is 5.92 Å². The topological polar surface area (TPSA) is 41.1 Å². The smallest absolute Gasteiger partial charge is 0.220 e. The minimum Gasteiger partial charge on any atom is -0.356 e. The van der Waals surface area contributed by atoms with Crippen LogP contribution in [0.5, 0.6) is 0 Å². The van der Waals surface area contributed by atoms with E-state index in [2.05, 4.69) is 10.6 Å². The highest BCUT2D eigenvalue weighted by atomic mass is 35.5. The number of nitrogens with one attached hydrogen (secondary N) is 2. The molecule has 5 heteroatoms. The molecule has 2 aliphatic rings. The molecule has 2 fully saturated rings. The summed E-state index contributed by atoms with van der Waals surface area (Å²) in [5, 5.41) is 7.42. The second kappa shape index (κ2) is 8.19. The van der Waals surface area contributed by atoms with Gasteiger partial charge in [0, 0.05) is 30.1 Å². The maximum absolute atomic E-state index is 12.0. The summed E-state index contributed by atoms with van der Waals surface area (Å²) >= 11 is 5.96. The number of carbonyl (C=O) groups excluding carboxylic acids is 1. The SMILES string of the molecule is Cl.O=C(CC1CC2CCC(C1)N2)NCCc1cccc(Cl)c1. The molecule has 122 valence electrons. The zero-order chi connectivity index (χ0) is 14.7. The van der Waals surface area contributed by atoms with Gasteiger partial charge in [-0.3, -0.25) is 4.79 Å². The average Bonchev–Trinajstić information content (AvgIpc) is 2.78. The number of hydrogen-bond acceptors (Lipinski definition) is 2. The van der Waals surface area contributed by atoms with Crippen molar-refractivity contribution in [2.45, 2.75) is 50.6 Å². The third-order valence-corrected chi connectivity index (χ3v) is 4.90. The van der Waals surface area contributed by atoms with Crippen LogP contribution < -0.4 is 10.6 Å². The summed E-state index contributed by atoms with van der Waals surface area (Å²) in [5.41, 5.74) is 1.17. The molecule has 0 radical (unpaired) electrons. The Kier molecular flexibility index (Phi) is 6.54. The molecule has 2 unspecified atom stereocenters. The summed E-state index contributed by atoms with van der Waals surface area (Å²) in [6, 6.07) is 9.14. The van der Waals surface area contributed by atoms with Crippen molar-refractivity contribution in [2.75, 3.05) is 6.54 Å². The van der Waals surface area contributed by atoms with Crippen LogP contribution in [0.15, 0.2) is 24.3 Å². The lowest BCUT2D eigenvalue weighted by Crippen LogP contribution is -2.39. The summed E-state index contributed by atoms with van der Waals surface area (Å²) in [6.45, 7) is 0.691. The van der Waals surface area contributed by atoms with Crippen molar-refractivity contribution >= 4 is 29.9 Å². The largest absolute Gasteiger partial charge is 0.356 e. The van der Waals surface area contributed by atoms with Crippen LogP contribution in [0.2, 0.25) is 5.02 Å². The van der Waals surface area contributed by atoms with Crippen molar-refractivity contribution < 1.29 is 4.79 Å². The molecular formula is C17H24Cl2N2O. The molecule has 2 aliphatic heterocycles. The Morgan fingerprint density at radius 3 is 2.68 bits per heavy atom. The monoisotopic (exact) mass is 342 g/mol. The highest BCUT2D eigenvalue weighted by Crippen LogP contribution is 2.32. The Hall–Kier alpha value is -0.770. The molecule has 2 bridgehead atoms. The van der Waals surface area contributed by atoms with Crippen molar-refractivity contribution in [1.29, 1.82) is 0 Å². The van der Waals surface area contributed by atoms with Gasteiger partial charge in [-0.25, -0.2) is 0 Å². The van der Waals surface area contributed by atoms with Crippen LogP contribution in [-0.4, -0.2) is 24.5 Å². The maximum atomic E-state index is 12.0. The van der Waals surface area contributed by atoms with Crippen LogP contribution in [0.1, 0.15) is 37.7 Å². The van der Waals surface area contributed by atoms with Gasteiger partial charge in [0.1, 0.15) is 0 Å². The lowest BCUT2D eigenvalue weighted by Gasteiger charge is -2.28. The van der Waals surface area contributed by atoms with E-state index in [4.69, 9.17) is 11.6 Å². The number of benzene rings is 1. The Morgan fingerprint density at radius 2 is 2.00 bits per heavy atom. The number of fused-ring (bicyclic) bond motifs is 2. The van der Waals surface area contributed by atoms with Gasteiger partial charge in [0.25, 0.3) is 0 Å². The van der Waals surface area contributed by atoms with Crippen molar-refractivity contribution in [3.63, 3.8) is 0 Å². The van der Waals surface area contributed by atoms with Gasteiger partial charge >= 0.3 is 0 Å². The zero-order valence-corrected chi connectivity index (χ0v) is 14.3. The number of halogens is 2. The second-order valence-corrected chi connectivity index (χ2v) is 6.85. The minimum atomic E-state index is 0. The quantitative estimate of drug-likeness (QED) is 0.861. The van der Waals surface area contributed by atoms with E-state index in [-0.39, 0.29) is 18.3 Å². The minimum absolute atomic E-state index is 0. The van der Waals surface area contributed by atoms with Gasteiger partial charge in [-0.1, -0.05) is 23.7 Å². The predicted octanol–water partition coefficient (Wildman–Crippen LogP) is 3.34. The number of carbonyl (C=O) groups is 1. The van der Waals surface area contributed by atoms with Gasteiger partial charge in [-0.05, 0) is 55.7 Å². The lowest BCUT2D eigenvalue weighted by molar-refractivity contribution is -0.122. The molecule has 0 aromatic heterocycles. The van der Waals surface area contributed by atoms with E-state index in [0.717, 1.165) is 24.3 Å². The Balaban J connectivity index is 0.00000176. The molecule has 22 heavy (non-hydrogen) atoms. The highest BCUT2D eigenvalue weighted by molar-refractivity contribution is 6.30. The molecule has 1 aromatic rings. The van der Waals surface area contributed by atoms with E-state index in [0.29, 0.717) is 31.0 Å². The third kappa shape index (κ3) is 4.87. The van der Waals surface area contributed by atoms with Crippen LogP contribution in [0.25, 0.3) is 0 Å². The van der Waals surface area contributed by atoms with Crippen LogP contribution >= 0.6 is 24.0 Å². The summed E-state index contributed by atoms with van der Waals surface area (Å²) in [5.74, 6) is 0.762. The summed E-state index contributed by atoms with van der Waals surface area (Å²) in [7, 11) is 0. The van der Waals surface area contributed by atoms with Crippen LogP contribution in [0.3, 0.4) is 0 Å². The number of piperidine rings is 1. The second-order valence-electron chi connectivity index (χ2n) is 6.41. The number of hydrogen-bond donors (Lipinski definition) is 2. The van der Waals surface area contributed by atoms with Crippen molar-refractivity contribution in [3.05, 3.63) is 34.9 Å². The fourth-order valence-electron chi connectivity index (χ4n) is 3.71. The first-order valence-electron chi connectivity index (χ1n) is 7.96. The van der Waals surface area contributed by atoms with E-state index in [9.17, 15) is 4.79 Å². The van der Waals surface area contributed by atoms with Crippen LogP contribution in [0, 0.1) is 5.92 Å². The first-order valence-corrected chi connectivity index (χ1v) is 8.34. The molecule has 1 amide bonds. The van der Waals surface area contributed by atoms with E-state index >= 15 is 0 Å². The molecule has 2 atom stereocenters. The first-order chi connectivity index (χ1) is 10.2. The Morgan fingerprint density at radius 1 is 1.27 bits per heavy atom. The first kappa shape index (κ1) is 17.6. The average molecular weight is 343 g/mol. The molecule has 0 spiro atoms. The fourth-order valence-corrected chi connectivity index (χ4v) is 3.93. The Labute approximate surface area is 143 Å².